The molecule has 10 heteroatoms. The first-order valence-corrected chi connectivity index (χ1v) is 12.7. The summed E-state index contributed by atoms with van der Waals surface area (Å²) in [5.74, 6) is 2.14. The molecule has 0 unspecified atom stereocenters. The summed E-state index contributed by atoms with van der Waals surface area (Å²) >= 11 is 5.98. The number of anilines is 2. The normalized spacial score (nSPS) is 13.2. The molecular formula is C25H23ClN4O4S. The minimum absolute atomic E-state index is 0.101. The smallest absolute Gasteiger partial charge is 0.267 e. The molecule has 0 saturated heterocycles. The number of hydrogen-bond donors (Lipinski definition) is 0. The van der Waals surface area contributed by atoms with Gasteiger partial charge in [0.2, 0.25) is 0 Å². The highest BCUT2D eigenvalue weighted by Gasteiger charge is 2.37. The molecular weight excluding hydrogens is 488 g/mol. The molecule has 3 aromatic carbocycles. The number of halogens is 1. The van der Waals surface area contributed by atoms with E-state index in [0.29, 0.717) is 52.2 Å². The second kappa shape index (κ2) is 9.24. The van der Waals surface area contributed by atoms with E-state index in [1.807, 2.05) is 47.4 Å². The van der Waals surface area contributed by atoms with Crippen molar-refractivity contribution in [1.29, 1.82) is 0 Å². The molecule has 180 valence electrons. The zero-order chi connectivity index (χ0) is 24.6. The molecule has 0 fully saturated rings. The van der Waals surface area contributed by atoms with Gasteiger partial charge in [-0.3, -0.25) is 0 Å². The Morgan fingerprint density at radius 3 is 2.20 bits per heavy atom. The van der Waals surface area contributed by atoms with Crippen molar-refractivity contribution in [1.82, 2.24) is 9.97 Å². The molecule has 0 spiro atoms. The van der Waals surface area contributed by atoms with Crippen LogP contribution in [-0.2, 0) is 16.4 Å². The largest absolute Gasteiger partial charge is 0.493 e. The maximum absolute atomic E-state index is 13.6. The van der Waals surface area contributed by atoms with Crippen molar-refractivity contribution in [3.05, 3.63) is 77.3 Å². The molecule has 1 aliphatic rings. The van der Waals surface area contributed by atoms with Crippen LogP contribution in [0.4, 0.5) is 11.6 Å². The maximum atomic E-state index is 13.6. The molecule has 1 aliphatic heterocycles. The van der Waals surface area contributed by atoms with E-state index in [9.17, 15) is 8.42 Å². The molecule has 35 heavy (non-hydrogen) atoms. The topological polar surface area (TPSA) is 84.9 Å². The summed E-state index contributed by atoms with van der Waals surface area (Å²) < 4.78 is 39.2. The molecule has 0 atom stereocenters. The van der Waals surface area contributed by atoms with Crippen molar-refractivity contribution in [2.75, 3.05) is 36.6 Å². The average Bonchev–Trinajstić information content (AvgIpc) is 3.24. The van der Waals surface area contributed by atoms with E-state index in [-0.39, 0.29) is 11.6 Å². The quantitative estimate of drug-likeness (QED) is 0.361. The van der Waals surface area contributed by atoms with E-state index in [1.165, 1.54) is 16.4 Å². The Bertz CT molecular complexity index is 1500. The predicted molar refractivity (Wildman–Crippen MR) is 136 cm³/mol. The highest BCUT2D eigenvalue weighted by molar-refractivity contribution is 7.92. The Kier molecular flexibility index (Phi) is 6.12. The molecule has 2 heterocycles. The molecule has 0 saturated carbocycles. The third kappa shape index (κ3) is 4.33. The van der Waals surface area contributed by atoms with Crippen LogP contribution in [0.2, 0.25) is 5.02 Å². The van der Waals surface area contributed by atoms with Crippen LogP contribution in [0.1, 0.15) is 5.56 Å². The van der Waals surface area contributed by atoms with Gasteiger partial charge in [0.05, 0.1) is 30.1 Å². The van der Waals surface area contributed by atoms with Crippen LogP contribution in [0.15, 0.2) is 71.6 Å². The Hall–Kier alpha value is -3.56. The summed E-state index contributed by atoms with van der Waals surface area (Å²) in [4.78, 5) is 11.5. The van der Waals surface area contributed by atoms with Gasteiger partial charge in [-0.15, -0.1) is 0 Å². The summed E-state index contributed by atoms with van der Waals surface area (Å²) in [6.45, 7) is 0.631. The van der Waals surface area contributed by atoms with Crippen molar-refractivity contribution in [3.8, 4) is 11.5 Å². The molecule has 0 bridgehead atoms. The number of ether oxygens (including phenoxy) is 2. The van der Waals surface area contributed by atoms with Crippen molar-refractivity contribution >= 4 is 44.3 Å². The standard InChI is InChI=1S/C25H23ClN4O4S/c1-33-22-12-7-17(15-23(22)34-2)13-14-29-16-30(35(31,32)19-10-8-18(26)9-11-19)25-24(29)27-20-5-3-4-6-21(20)28-25/h3-12,15H,13-14,16H2,1-2H3. The minimum atomic E-state index is -3.88. The number of para-hydroxylation sites is 2. The number of fused-ring (bicyclic) bond motifs is 2. The van der Waals surface area contributed by atoms with Crippen LogP contribution in [0.5, 0.6) is 11.5 Å². The van der Waals surface area contributed by atoms with Gasteiger partial charge < -0.3 is 14.4 Å². The summed E-state index contributed by atoms with van der Waals surface area (Å²) in [6.07, 6.45) is 0.642. The molecule has 8 nitrogen and oxygen atoms in total. The molecule has 0 aliphatic carbocycles. The van der Waals surface area contributed by atoms with Gasteiger partial charge in [-0.25, -0.2) is 22.7 Å². The molecule has 0 amide bonds. The van der Waals surface area contributed by atoms with Gasteiger partial charge in [-0.2, -0.15) is 0 Å². The monoisotopic (exact) mass is 510 g/mol. The fourth-order valence-electron chi connectivity index (χ4n) is 4.05. The van der Waals surface area contributed by atoms with Gasteiger partial charge in [0.25, 0.3) is 10.0 Å². The zero-order valence-corrected chi connectivity index (χ0v) is 20.8. The number of benzene rings is 3. The minimum Gasteiger partial charge on any atom is -0.493 e. The lowest BCUT2D eigenvalue weighted by molar-refractivity contribution is 0.354. The first kappa shape index (κ1) is 23.2. The third-order valence-corrected chi connectivity index (χ3v) is 7.88. The Morgan fingerprint density at radius 1 is 0.886 bits per heavy atom. The lowest BCUT2D eigenvalue weighted by Gasteiger charge is -2.21. The Balaban J connectivity index is 1.50. The van der Waals surface area contributed by atoms with Crippen LogP contribution in [0, 0.1) is 0 Å². The highest BCUT2D eigenvalue weighted by atomic mass is 35.5. The number of aromatic nitrogens is 2. The molecule has 5 rings (SSSR count). The maximum Gasteiger partial charge on any atom is 0.267 e. The first-order valence-electron chi connectivity index (χ1n) is 10.9. The second-order valence-electron chi connectivity index (χ2n) is 8.01. The summed E-state index contributed by atoms with van der Waals surface area (Å²) in [6, 6.07) is 19.3. The third-order valence-electron chi connectivity index (χ3n) is 5.89. The van der Waals surface area contributed by atoms with E-state index in [4.69, 9.17) is 26.1 Å². The molecule has 0 N–H and O–H groups in total. The number of methoxy groups -OCH3 is 2. The SMILES string of the molecule is COc1ccc(CCN2CN(S(=O)(=O)c3ccc(Cl)cc3)c3nc4ccccc4nc32)cc1OC. The van der Waals surface area contributed by atoms with Crippen LogP contribution in [0.25, 0.3) is 11.0 Å². The van der Waals surface area contributed by atoms with E-state index in [0.717, 1.165) is 5.56 Å². The van der Waals surface area contributed by atoms with Gasteiger partial charge in [-0.05, 0) is 60.5 Å². The van der Waals surface area contributed by atoms with Crippen LogP contribution >= 0.6 is 11.6 Å². The fraction of sp³-hybridized carbons (Fsp3) is 0.200. The second-order valence-corrected chi connectivity index (χ2v) is 10.3. The van der Waals surface area contributed by atoms with E-state index in [1.54, 1.807) is 26.4 Å². The number of hydrogen-bond acceptors (Lipinski definition) is 7. The van der Waals surface area contributed by atoms with E-state index >= 15 is 0 Å². The summed E-state index contributed by atoms with van der Waals surface area (Å²) in [5.41, 5.74) is 2.36. The van der Waals surface area contributed by atoms with Crippen molar-refractivity contribution in [2.45, 2.75) is 11.3 Å². The lowest BCUT2D eigenvalue weighted by atomic mass is 10.1. The summed E-state index contributed by atoms with van der Waals surface area (Å²) in [7, 11) is -0.689. The van der Waals surface area contributed by atoms with Crippen LogP contribution < -0.4 is 18.7 Å². The predicted octanol–water partition coefficient (Wildman–Crippen LogP) is 4.52. The number of nitrogens with zero attached hydrogens (tertiary/aromatic N) is 4. The molecule has 0 radical (unpaired) electrons. The zero-order valence-electron chi connectivity index (χ0n) is 19.2. The fourth-order valence-corrected chi connectivity index (χ4v) is 5.55. The van der Waals surface area contributed by atoms with Gasteiger partial charge in [0.15, 0.2) is 23.1 Å². The van der Waals surface area contributed by atoms with Crippen molar-refractivity contribution in [2.24, 2.45) is 0 Å². The summed E-state index contributed by atoms with van der Waals surface area (Å²) in [5, 5.41) is 0.466. The Labute approximate surface area is 208 Å². The van der Waals surface area contributed by atoms with Gasteiger partial charge in [0.1, 0.15) is 6.67 Å². The molecule has 1 aromatic heterocycles. The van der Waals surface area contributed by atoms with Crippen molar-refractivity contribution < 1.29 is 17.9 Å². The number of sulfonamides is 1. The van der Waals surface area contributed by atoms with E-state index < -0.39 is 10.0 Å². The van der Waals surface area contributed by atoms with Gasteiger partial charge >= 0.3 is 0 Å². The first-order chi connectivity index (χ1) is 16.9. The van der Waals surface area contributed by atoms with Gasteiger partial charge in [0, 0.05) is 11.6 Å². The Morgan fingerprint density at radius 2 is 1.54 bits per heavy atom. The van der Waals surface area contributed by atoms with Crippen LogP contribution in [-0.4, -0.2) is 45.8 Å². The van der Waals surface area contributed by atoms with Crippen molar-refractivity contribution in [3.63, 3.8) is 0 Å². The average molecular weight is 511 g/mol. The van der Waals surface area contributed by atoms with Crippen LogP contribution in [0.3, 0.4) is 0 Å². The van der Waals surface area contributed by atoms with Gasteiger partial charge in [-0.1, -0.05) is 29.8 Å². The molecule has 4 aromatic rings. The van der Waals surface area contributed by atoms with E-state index in [2.05, 4.69) is 4.98 Å². The highest BCUT2D eigenvalue weighted by Crippen LogP contribution is 2.38. The lowest BCUT2D eigenvalue weighted by Crippen LogP contribution is -2.36. The number of rotatable bonds is 7.